The number of nitrogens with zero attached hydrogens (tertiary/aromatic N) is 3. The van der Waals surface area contributed by atoms with Gasteiger partial charge in [-0.25, -0.2) is 4.79 Å². The second kappa shape index (κ2) is 12.2. The monoisotopic (exact) mass is 456 g/mol. The summed E-state index contributed by atoms with van der Waals surface area (Å²) in [5, 5.41) is 6.07. The molecule has 5 atom stereocenters. The number of carbonyl (C=O) groups excluding carboxylic acids is 5. The van der Waals surface area contributed by atoms with E-state index < -0.39 is 72.5 Å². The van der Waals surface area contributed by atoms with Gasteiger partial charge in [0.05, 0.1) is 19.2 Å². The number of azide groups is 1. The van der Waals surface area contributed by atoms with Gasteiger partial charge in [0.1, 0.15) is 6.61 Å². The van der Waals surface area contributed by atoms with Crippen molar-refractivity contribution in [2.45, 2.75) is 58.1 Å². The number of hydrogen-bond acceptors (Lipinski definition) is 11. The van der Waals surface area contributed by atoms with E-state index in [1.165, 1.54) is 6.92 Å². The fourth-order valence-electron chi connectivity index (χ4n) is 2.92. The van der Waals surface area contributed by atoms with Gasteiger partial charge in [0.15, 0.2) is 18.3 Å². The van der Waals surface area contributed by atoms with Gasteiger partial charge in [-0.2, -0.15) is 0 Å². The van der Waals surface area contributed by atoms with Gasteiger partial charge in [0, 0.05) is 32.6 Å². The van der Waals surface area contributed by atoms with Crippen LogP contribution in [0.25, 0.3) is 10.4 Å². The van der Waals surface area contributed by atoms with Crippen LogP contribution in [0.1, 0.15) is 27.7 Å². The third-order valence-electron chi connectivity index (χ3n) is 4.01. The number of hydrogen-bond donors (Lipinski definition) is 1. The van der Waals surface area contributed by atoms with Crippen LogP contribution in [-0.4, -0.2) is 73.9 Å². The SMILES string of the molecule is COC(=O)C1=C[C@@H](N=[N+]=[N-])[C@H](NC(C)=O)[C@@H]([C@@H](OC(C)=O)[C@H](COC(C)=O)OC(C)=O)O1. The minimum atomic E-state index is -1.50. The number of esters is 4. The molecule has 32 heavy (non-hydrogen) atoms. The predicted octanol–water partition coefficient (Wildman–Crippen LogP) is 0.0522. The van der Waals surface area contributed by atoms with Gasteiger partial charge >= 0.3 is 23.9 Å². The minimum absolute atomic E-state index is 0.400. The van der Waals surface area contributed by atoms with E-state index in [1.54, 1.807) is 0 Å². The van der Waals surface area contributed by atoms with E-state index >= 15 is 0 Å². The summed E-state index contributed by atoms with van der Waals surface area (Å²) in [4.78, 5) is 61.4. The summed E-state index contributed by atoms with van der Waals surface area (Å²) < 4.78 is 25.6. The molecule has 0 aromatic carbocycles. The first kappa shape index (κ1) is 26.2. The van der Waals surface area contributed by atoms with E-state index in [0.717, 1.165) is 34.0 Å². The van der Waals surface area contributed by atoms with Crippen LogP contribution in [0.2, 0.25) is 0 Å². The first-order chi connectivity index (χ1) is 15.0. The molecule has 0 saturated heterocycles. The maximum atomic E-state index is 12.1. The second-order valence-corrected chi connectivity index (χ2v) is 6.55. The summed E-state index contributed by atoms with van der Waals surface area (Å²) in [6.45, 7) is 3.87. The third kappa shape index (κ3) is 7.80. The number of amides is 1. The lowest BCUT2D eigenvalue weighted by molar-refractivity contribution is -0.187. The molecule has 0 aromatic heterocycles. The Kier molecular flexibility index (Phi) is 9.96. The van der Waals surface area contributed by atoms with Crippen molar-refractivity contribution in [2.75, 3.05) is 13.7 Å². The zero-order valence-corrected chi connectivity index (χ0v) is 18.1. The van der Waals surface area contributed by atoms with Crippen molar-refractivity contribution in [1.29, 1.82) is 0 Å². The highest BCUT2D eigenvalue weighted by Gasteiger charge is 2.47. The topological polar surface area (TPSA) is 192 Å². The number of methoxy groups -OCH3 is 1. The Morgan fingerprint density at radius 2 is 1.75 bits per heavy atom. The van der Waals surface area contributed by atoms with Crippen molar-refractivity contribution in [1.82, 2.24) is 5.32 Å². The second-order valence-electron chi connectivity index (χ2n) is 6.55. The van der Waals surface area contributed by atoms with E-state index in [4.69, 9.17) is 24.5 Å². The quantitative estimate of drug-likeness (QED) is 0.163. The molecule has 1 amide bonds. The smallest absolute Gasteiger partial charge is 0.372 e. The van der Waals surface area contributed by atoms with Crippen molar-refractivity contribution < 1.29 is 47.7 Å². The number of ether oxygens (including phenoxy) is 5. The standard InChI is InChI=1S/C18H24N4O10/c1-8(23)20-15-12(21-22-19)6-13(18(27)28-5)32-17(15)16(31-11(4)26)14(30-10(3)25)7-29-9(2)24/h6,12,14-17H,7H2,1-5H3,(H,20,23)/t12-,14+,15+,16+,17+/m1/s1. The predicted molar refractivity (Wildman–Crippen MR) is 103 cm³/mol. The van der Waals surface area contributed by atoms with E-state index in [2.05, 4.69) is 20.1 Å². The van der Waals surface area contributed by atoms with Crippen LogP contribution in [0.3, 0.4) is 0 Å². The molecule has 1 aliphatic heterocycles. The zero-order chi connectivity index (χ0) is 24.4. The van der Waals surface area contributed by atoms with Gasteiger partial charge < -0.3 is 29.0 Å². The summed E-state index contributed by atoms with van der Waals surface area (Å²) >= 11 is 0. The van der Waals surface area contributed by atoms with Crippen molar-refractivity contribution in [2.24, 2.45) is 5.11 Å². The molecule has 1 rings (SSSR count). The van der Waals surface area contributed by atoms with E-state index in [9.17, 15) is 24.0 Å². The average molecular weight is 456 g/mol. The molecule has 1 aliphatic rings. The van der Waals surface area contributed by atoms with Crippen LogP contribution in [0, 0.1) is 0 Å². The van der Waals surface area contributed by atoms with Gasteiger partial charge in [0.2, 0.25) is 11.7 Å². The maximum absolute atomic E-state index is 12.1. The number of rotatable bonds is 9. The highest BCUT2D eigenvalue weighted by Crippen LogP contribution is 2.28. The third-order valence-corrected chi connectivity index (χ3v) is 4.01. The van der Waals surface area contributed by atoms with Gasteiger partial charge in [-0.1, -0.05) is 5.11 Å². The van der Waals surface area contributed by atoms with Crippen LogP contribution < -0.4 is 5.32 Å². The molecule has 0 bridgehead atoms. The summed E-state index contributed by atoms with van der Waals surface area (Å²) in [5.74, 6) is -4.27. The van der Waals surface area contributed by atoms with Gasteiger partial charge in [-0.15, -0.1) is 0 Å². The molecule has 0 unspecified atom stereocenters. The molecule has 0 radical (unpaired) electrons. The first-order valence-electron chi connectivity index (χ1n) is 9.26. The van der Waals surface area contributed by atoms with Crippen molar-refractivity contribution >= 4 is 29.8 Å². The molecule has 0 spiro atoms. The molecule has 14 heteroatoms. The Morgan fingerprint density at radius 3 is 2.22 bits per heavy atom. The van der Waals surface area contributed by atoms with Gasteiger partial charge in [-0.3, -0.25) is 19.2 Å². The summed E-state index contributed by atoms with van der Waals surface area (Å²) in [5.41, 5.74) is 8.94. The van der Waals surface area contributed by atoms with Crippen LogP contribution >= 0.6 is 0 Å². The summed E-state index contributed by atoms with van der Waals surface area (Å²) in [6, 6.07) is -2.35. The van der Waals surface area contributed by atoms with Crippen LogP contribution in [0.15, 0.2) is 16.9 Å². The molecular weight excluding hydrogens is 432 g/mol. The van der Waals surface area contributed by atoms with Crippen molar-refractivity contribution in [3.05, 3.63) is 22.3 Å². The molecular formula is C18H24N4O10. The fourth-order valence-corrected chi connectivity index (χ4v) is 2.92. The van der Waals surface area contributed by atoms with Crippen molar-refractivity contribution in [3.8, 4) is 0 Å². The Bertz CT molecular complexity index is 836. The largest absolute Gasteiger partial charge is 0.477 e. The molecule has 0 saturated carbocycles. The lowest BCUT2D eigenvalue weighted by Gasteiger charge is -2.40. The lowest BCUT2D eigenvalue weighted by Crippen LogP contribution is -2.61. The van der Waals surface area contributed by atoms with E-state index in [-0.39, 0.29) is 0 Å². The van der Waals surface area contributed by atoms with Crippen molar-refractivity contribution in [3.63, 3.8) is 0 Å². The van der Waals surface area contributed by atoms with Gasteiger partial charge in [-0.05, 0) is 11.6 Å². The summed E-state index contributed by atoms with van der Waals surface area (Å²) in [6.07, 6.45) is -3.19. The van der Waals surface area contributed by atoms with E-state index in [0.29, 0.717) is 0 Å². The zero-order valence-electron chi connectivity index (χ0n) is 18.1. The normalized spacial score (nSPS) is 21.3. The average Bonchev–Trinajstić information content (AvgIpc) is 2.69. The molecule has 0 fully saturated rings. The summed E-state index contributed by atoms with van der Waals surface area (Å²) in [7, 11) is 1.08. The molecule has 1 heterocycles. The maximum Gasteiger partial charge on any atom is 0.372 e. The molecule has 176 valence electrons. The highest BCUT2D eigenvalue weighted by molar-refractivity contribution is 5.86. The van der Waals surface area contributed by atoms with Gasteiger partial charge in [0.25, 0.3) is 0 Å². The molecule has 0 aromatic rings. The molecule has 14 nitrogen and oxygen atoms in total. The van der Waals surface area contributed by atoms with Crippen LogP contribution in [0.4, 0.5) is 0 Å². The minimum Gasteiger partial charge on any atom is -0.477 e. The van der Waals surface area contributed by atoms with Crippen LogP contribution in [-0.2, 0) is 47.7 Å². The Hall–Kier alpha value is -3.80. The Labute approximate surface area is 182 Å². The molecule has 1 N–H and O–H groups in total. The Morgan fingerprint density at radius 1 is 1.12 bits per heavy atom. The molecule has 0 aliphatic carbocycles. The van der Waals surface area contributed by atoms with Crippen LogP contribution in [0.5, 0.6) is 0 Å². The number of nitrogens with one attached hydrogen (secondary N) is 1. The fraction of sp³-hybridized carbons (Fsp3) is 0.611. The number of carbonyl (C=O) groups is 5. The highest BCUT2D eigenvalue weighted by atomic mass is 16.6. The Balaban J connectivity index is 3.57. The first-order valence-corrected chi connectivity index (χ1v) is 9.26. The van der Waals surface area contributed by atoms with E-state index in [1.807, 2.05) is 0 Å². The lowest BCUT2D eigenvalue weighted by atomic mass is 9.92.